The van der Waals surface area contributed by atoms with Crippen LogP contribution in [0.4, 0.5) is 5.13 Å². The average molecular weight is 322 g/mol. The van der Waals surface area contributed by atoms with Crippen LogP contribution in [0.3, 0.4) is 0 Å². The third-order valence-corrected chi connectivity index (χ3v) is 5.12. The molecule has 1 aliphatic rings. The van der Waals surface area contributed by atoms with Gasteiger partial charge in [-0.15, -0.1) is 5.10 Å². The molecule has 120 valence electrons. The molecule has 7 heteroatoms. The number of ether oxygens (including phenoxy) is 1. The molecule has 0 N–H and O–H groups in total. The number of anilines is 1. The second-order valence-electron chi connectivity index (χ2n) is 5.99. The molecule has 1 saturated heterocycles. The lowest BCUT2D eigenvalue weighted by Crippen LogP contribution is -2.49. The first-order valence-corrected chi connectivity index (χ1v) is 8.65. The van der Waals surface area contributed by atoms with Crippen LogP contribution in [-0.2, 0) is 11.2 Å². The van der Waals surface area contributed by atoms with Crippen molar-refractivity contribution in [3.05, 3.63) is 22.1 Å². The highest BCUT2D eigenvalue weighted by molar-refractivity contribution is 7.20. The summed E-state index contributed by atoms with van der Waals surface area (Å²) >= 11 is 1.48. The second-order valence-corrected chi connectivity index (χ2v) is 6.92. The molecular weight excluding hydrogens is 300 g/mol. The van der Waals surface area contributed by atoms with Gasteiger partial charge < -0.3 is 9.64 Å². The van der Waals surface area contributed by atoms with Crippen LogP contribution in [0.2, 0.25) is 0 Å². The van der Waals surface area contributed by atoms with Gasteiger partial charge in [0, 0.05) is 24.8 Å². The van der Waals surface area contributed by atoms with E-state index in [9.17, 15) is 4.79 Å². The topological polar surface area (TPSA) is 59.7 Å². The molecule has 0 saturated carbocycles. The van der Waals surface area contributed by atoms with Crippen molar-refractivity contribution in [2.75, 3.05) is 24.6 Å². The fourth-order valence-corrected chi connectivity index (χ4v) is 3.62. The predicted octanol–water partition coefficient (Wildman–Crippen LogP) is 2.11. The van der Waals surface area contributed by atoms with Crippen LogP contribution in [-0.4, -0.2) is 39.9 Å². The molecule has 22 heavy (non-hydrogen) atoms. The molecule has 0 amide bonds. The quantitative estimate of drug-likeness (QED) is 0.863. The van der Waals surface area contributed by atoms with E-state index in [-0.39, 0.29) is 11.2 Å². The van der Waals surface area contributed by atoms with E-state index < -0.39 is 0 Å². The summed E-state index contributed by atoms with van der Waals surface area (Å²) in [6.45, 7) is 8.61. The third-order valence-electron chi connectivity index (χ3n) is 4.15. The average Bonchev–Trinajstić information content (AvgIpc) is 2.92. The van der Waals surface area contributed by atoms with E-state index in [1.807, 2.05) is 0 Å². The fourth-order valence-electron chi connectivity index (χ4n) is 2.67. The maximum absolute atomic E-state index is 12.2. The molecule has 0 aromatic carbocycles. The second kappa shape index (κ2) is 5.96. The Labute approximate surface area is 133 Å². The number of hydrogen-bond acceptors (Lipinski definition) is 6. The van der Waals surface area contributed by atoms with E-state index in [4.69, 9.17) is 4.74 Å². The minimum Gasteiger partial charge on any atom is -0.372 e. The van der Waals surface area contributed by atoms with Crippen molar-refractivity contribution in [2.45, 2.75) is 45.6 Å². The van der Waals surface area contributed by atoms with Gasteiger partial charge in [-0.25, -0.2) is 4.98 Å². The predicted molar refractivity (Wildman–Crippen MR) is 88.0 cm³/mol. The standard InChI is InChI=1S/C15H22N4O2S/c1-4-6-11-9-12(20)19-13(16-11)22-14(17-19)18-7-8-21-15(3,5-2)10-18/h9H,4-8,10H2,1-3H3. The summed E-state index contributed by atoms with van der Waals surface area (Å²) in [4.78, 5) is 19.6. The van der Waals surface area contributed by atoms with Gasteiger partial charge in [-0.3, -0.25) is 4.79 Å². The first-order valence-electron chi connectivity index (χ1n) is 7.83. The Morgan fingerprint density at radius 2 is 2.27 bits per heavy atom. The van der Waals surface area contributed by atoms with Gasteiger partial charge in [0.2, 0.25) is 10.1 Å². The molecule has 2 aromatic rings. The molecule has 3 rings (SSSR count). The number of aromatic nitrogens is 3. The van der Waals surface area contributed by atoms with E-state index in [1.54, 1.807) is 6.07 Å². The molecular formula is C15H22N4O2S. The summed E-state index contributed by atoms with van der Waals surface area (Å²) < 4.78 is 7.28. The number of nitrogens with zero attached hydrogens (tertiary/aromatic N) is 4. The Morgan fingerprint density at radius 1 is 1.45 bits per heavy atom. The molecule has 0 spiro atoms. The van der Waals surface area contributed by atoms with E-state index in [0.29, 0.717) is 11.6 Å². The van der Waals surface area contributed by atoms with Gasteiger partial charge in [0.25, 0.3) is 5.56 Å². The van der Waals surface area contributed by atoms with E-state index >= 15 is 0 Å². The minimum atomic E-state index is -0.151. The molecule has 1 fully saturated rings. The lowest BCUT2D eigenvalue weighted by Gasteiger charge is -2.39. The molecule has 0 radical (unpaired) electrons. The minimum absolute atomic E-state index is 0.0949. The Kier molecular flexibility index (Phi) is 4.18. The summed E-state index contributed by atoms with van der Waals surface area (Å²) in [5.74, 6) is 0. The van der Waals surface area contributed by atoms with Gasteiger partial charge in [0.15, 0.2) is 0 Å². The van der Waals surface area contributed by atoms with Gasteiger partial charge >= 0.3 is 0 Å². The Hall–Kier alpha value is -1.47. The molecule has 6 nitrogen and oxygen atoms in total. The summed E-state index contributed by atoms with van der Waals surface area (Å²) in [6, 6.07) is 1.59. The molecule has 0 bridgehead atoms. The highest BCUT2D eigenvalue weighted by atomic mass is 32.1. The first kappa shape index (κ1) is 15.4. The van der Waals surface area contributed by atoms with E-state index in [0.717, 1.165) is 43.2 Å². The van der Waals surface area contributed by atoms with Crippen LogP contribution in [0.1, 0.15) is 39.3 Å². The van der Waals surface area contributed by atoms with Crippen molar-refractivity contribution in [1.82, 2.24) is 14.6 Å². The van der Waals surface area contributed by atoms with E-state index in [2.05, 4.69) is 35.8 Å². The zero-order chi connectivity index (χ0) is 15.7. The van der Waals surface area contributed by atoms with Crippen LogP contribution in [0.25, 0.3) is 4.96 Å². The summed E-state index contributed by atoms with van der Waals surface area (Å²) in [7, 11) is 0. The third kappa shape index (κ3) is 2.87. The van der Waals surface area contributed by atoms with Gasteiger partial charge in [-0.2, -0.15) is 4.52 Å². The Bertz CT molecular complexity index is 726. The van der Waals surface area contributed by atoms with Crippen molar-refractivity contribution >= 4 is 21.4 Å². The number of morpholine rings is 1. The zero-order valence-electron chi connectivity index (χ0n) is 13.3. The van der Waals surface area contributed by atoms with Gasteiger partial charge in [0.05, 0.1) is 12.2 Å². The largest absolute Gasteiger partial charge is 0.372 e. The first-order chi connectivity index (χ1) is 10.5. The number of fused-ring (bicyclic) bond motifs is 1. The molecule has 2 aromatic heterocycles. The zero-order valence-corrected chi connectivity index (χ0v) is 14.2. The molecule has 3 heterocycles. The Morgan fingerprint density at radius 3 is 3.00 bits per heavy atom. The number of rotatable bonds is 4. The summed E-state index contributed by atoms with van der Waals surface area (Å²) in [6.07, 6.45) is 2.75. The van der Waals surface area contributed by atoms with E-state index in [1.165, 1.54) is 15.9 Å². The van der Waals surface area contributed by atoms with Gasteiger partial charge in [-0.1, -0.05) is 31.6 Å². The smallest absolute Gasteiger partial charge is 0.275 e. The number of hydrogen-bond donors (Lipinski definition) is 0. The van der Waals surface area contributed by atoms with Gasteiger partial charge in [-0.05, 0) is 19.8 Å². The van der Waals surface area contributed by atoms with Crippen molar-refractivity contribution < 1.29 is 4.74 Å². The van der Waals surface area contributed by atoms with Gasteiger partial charge in [0.1, 0.15) is 0 Å². The van der Waals surface area contributed by atoms with Crippen molar-refractivity contribution in [1.29, 1.82) is 0 Å². The normalized spacial score (nSPS) is 22.4. The monoisotopic (exact) mass is 322 g/mol. The van der Waals surface area contributed by atoms with Crippen LogP contribution in [0.5, 0.6) is 0 Å². The van der Waals surface area contributed by atoms with Crippen molar-refractivity contribution in [3.63, 3.8) is 0 Å². The molecule has 1 aliphatic heterocycles. The maximum Gasteiger partial charge on any atom is 0.275 e. The molecule has 1 atom stereocenters. The van der Waals surface area contributed by atoms with Crippen molar-refractivity contribution in [2.24, 2.45) is 0 Å². The highest BCUT2D eigenvalue weighted by Gasteiger charge is 2.31. The highest BCUT2D eigenvalue weighted by Crippen LogP contribution is 2.28. The fraction of sp³-hybridized carbons (Fsp3) is 0.667. The van der Waals surface area contributed by atoms with Crippen molar-refractivity contribution in [3.8, 4) is 0 Å². The van der Waals surface area contributed by atoms with Crippen LogP contribution in [0, 0.1) is 0 Å². The SMILES string of the molecule is CCCc1cc(=O)n2nc(N3CCOC(C)(CC)C3)sc2n1. The number of aryl methyl sites for hydroxylation is 1. The Balaban J connectivity index is 1.95. The lowest BCUT2D eigenvalue weighted by atomic mass is 10.0. The molecule has 0 aliphatic carbocycles. The maximum atomic E-state index is 12.2. The summed E-state index contributed by atoms with van der Waals surface area (Å²) in [5.41, 5.74) is 0.604. The molecule has 1 unspecified atom stereocenters. The summed E-state index contributed by atoms with van der Waals surface area (Å²) in [5, 5.41) is 5.32. The van der Waals surface area contributed by atoms with Crippen LogP contribution >= 0.6 is 11.3 Å². The van der Waals surface area contributed by atoms with Crippen LogP contribution in [0.15, 0.2) is 10.9 Å². The van der Waals surface area contributed by atoms with Crippen LogP contribution < -0.4 is 10.5 Å². The lowest BCUT2D eigenvalue weighted by molar-refractivity contribution is -0.0441.